The minimum absolute atomic E-state index is 0.240. The van der Waals surface area contributed by atoms with Crippen LogP contribution < -0.4 is 11.1 Å². The second-order valence-electron chi connectivity index (χ2n) is 4.02. The largest absolute Gasteiger partial charge is 0.389 e. The Hall–Kier alpha value is -1.43. The van der Waals surface area contributed by atoms with Crippen LogP contribution in [-0.2, 0) is 0 Å². The molecule has 2 rings (SSSR count). The number of anilines is 1. The lowest BCUT2D eigenvalue weighted by Gasteiger charge is -2.09. The van der Waals surface area contributed by atoms with Crippen LogP contribution in [0.2, 0.25) is 5.02 Å². The van der Waals surface area contributed by atoms with Crippen molar-refractivity contribution in [2.75, 3.05) is 5.32 Å². The van der Waals surface area contributed by atoms with Crippen molar-refractivity contribution in [2.24, 2.45) is 5.73 Å². The molecule has 0 saturated heterocycles. The minimum Gasteiger partial charge on any atom is -0.389 e. The van der Waals surface area contributed by atoms with Gasteiger partial charge in [-0.1, -0.05) is 29.9 Å². The van der Waals surface area contributed by atoms with Crippen molar-refractivity contribution >= 4 is 56.3 Å². The van der Waals surface area contributed by atoms with Crippen LogP contribution in [0.15, 0.2) is 46.9 Å². The van der Waals surface area contributed by atoms with Crippen molar-refractivity contribution in [3.8, 4) is 0 Å². The predicted molar refractivity (Wildman–Crippen MR) is 89.4 cm³/mol. The summed E-state index contributed by atoms with van der Waals surface area (Å²) >= 11 is 14.1. The summed E-state index contributed by atoms with van der Waals surface area (Å²) in [7, 11) is 0. The van der Waals surface area contributed by atoms with E-state index in [4.69, 9.17) is 29.6 Å². The van der Waals surface area contributed by atoms with E-state index in [1.807, 2.05) is 0 Å². The first kappa shape index (κ1) is 15.0. The number of carbonyl (C=O) groups is 1. The van der Waals surface area contributed by atoms with Gasteiger partial charge in [0.1, 0.15) is 4.99 Å². The van der Waals surface area contributed by atoms with E-state index in [0.717, 1.165) is 5.56 Å². The molecule has 2 aromatic rings. The predicted octanol–water partition coefficient (Wildman–Crippen LogP) is 3.99. The zero-order chi connectivity index (χ0) is 14.7. The summed E-state index contributed by atoms with van der Waals surface area (Å²) in [4.78, 5) is 12.4. The number of hydrogen-bond donors (Lipinski definition) is 2. The van der Waals surface area contributed by atoms with E-state index in [2.05, 4.69) is 21.2 Å². The lowest BCUT2D eigenvalue weighted by molar-refractivity contribution is 0.102. The van der Waals surface area contributed by atoms with Crippen LogP contribution in [0.5, 0.6) is 0 Å². The maximum absolute atomic E-state index is 12.1. The molecule has 6 heteroatoms. The van der Waals surface area contributed by atoms with Gasteiger partial charge in [-0.25, -0.2) is 0 Å². The lowest BCUT2D eigenvalue weighted by Crippen LogP contribution is -2.13. The third-order valence-electron chi connectivity index (χ3n) is 2.59. The average Bonchev–Trinajstić information content (AvgIpc) is 2.40. The van der Waals surface area contributed by atoms with Gasteiger partial charge in [0.2, 0.25) is 0 Å². The summed E-state index contributed by atoms with van der Waals surface area (Å²) in [5, 5.41) is 3.31. The Morgan fingerprint density at radius 3 is 2.55 bits per heavy atom. The second-order valence-corrected chi connectivity index (χ2v) is 5.75. The van der Waals surface area contributed by atoms with E-state index in [1.54, 1.807) is 42.5 Å². The Labute approximate surface area is 135 Å². The summed E-state index contributed by atoms with van der Waals surface area (Å²) in [5.41, 5.74) is 7.40. The molecule has 1 amide bonds. The van der Waals surface area contributed by atoms with E-state index in [9.17, 15) is 4.79 Å². The van der Waals surface area contributed by atoms with E-state index in [-0.39, 0.29) is 5.91 Å². The van der Waals surface area contributed by atoms with Gasteiger partial charge in [-0.3, -0.25) is 4.79 Å². The number of thiocarbonyl (C=S) groups is 1. The Kier molecular flexibility index (Phi) is 4.75. The first-order valence-electron chi connectivity index (χ1n) is 5.63. The summed E-state index contributed by atoms with van der Waals surface area (Å²) in [5.74, 6) is -0.240. The molecule has 0 bridgehead atoms. The number of nitrogens with two attached hydrogens (primary N) is 1. The van der Waals surface area contributed by atoms with Crippen molar-refractivity contribution in [1.29, 1.82) is 0 Å². The van der Waals surface area contributed by atoms with E-state index >= 15 is 0 Å². The molecule has 0 aliphatic heterocycles. The first-order chi connectivity index (χ1) is 9.47. The van der Waals surface area contributed by atoms with Gasteiger partial charge in [0.05, 0.1) is 5.69 Å². The number of hydrogen-bond acceptors (Lipinski definition) is 2. The molecule has 0 aromatic heterocycles. The zero-order valence-electron chi connectivity index (χ0n) is 10.2. The third-order valence-corrected chi connectivity index (χ3v) is 3.72. The Morgan fingerprint density at radius 2 is 1.95 bits per heavy atom. The van der Waals surface area contributed by atoms with Crippen molar-refractivity contribution in [3.05, 3.63) is 63.1 Å². The van der Waals surface area contributed by atoms with Gasteiger partial charge in [0, 0.05) is 20.6 Å². The summed E-state index contributed by atoms with van der Waals surface area (Å²) in [6.45, 7) is 0. The highest BCUT2D eigenvalue weighted by molar-refractivity contribution is 9.10. The van der Waals surface area contributed by atoms with E-state index < -0.39 is 0 Å². The number of nitrogens with one attached hydrogen (secondary N) is 1. The van der Waals surface area contributed by atoms with Crippen LogP contribution >= 0.6 is 39.7 Å². The highest BCUT2D eigenvalue weighted by Crippen LogP contribution is 2.24. The number of halogens is 2. The molecule has 0 aliphatic carbocycles. The van der Waals surface area contributed by atoms with E-state index in [0.29, 0.717) is 25.7 Å². The second kappa shape index (κ2) is 6.35. The number of amides is 1. The molecule has 3 nitrogen and oxygen atoms in total. The number of carbonyl (C=O) groups excluding carboxylic acids is 1. The molecule has 0 radical (unpaired) electrons. The van der Waals surface area contributed by atoms with Crippen molar-refractivity contribution < 1.29 is 4.79 Å². The van der Waals surface area contributed by atoms with Gasteiger partial charge in [0.25, 0.3) is 5.91 Å². The monoisotopic (exact) mass is 368 g/mol. The molecule has 2 aromatic carbocycles. The van der Waals surface area contributed by atoms with Gasteiger partial charge in [-0.15, -0.1) is 0 Å². The van der Waals surface area contributed by atoms with Crippen LogP contribution in [0.3, 0.4) is 0 Å². The Bertz CT molecular complexity index is 691. The van der Waals surface area contributed by atoms with Gasteiger partial charge in [0.15, 0.2) is 0 Å². The first-order valence-corrected chi connectivity index (χ1v) is 7.21. The van der Waals surface area contributed by atoms with E-state index in [1.165, 1.54) is 0 Å². The van der Waals surface area contributed by atoms with Crippen LogP contribution in [0, 0.1) is 0 Å². The van der Waals surface area contributed by atoms with Crippen molar-refractivity contribution in [2.45, 2.75) is 0 Å². The molecule has 0 heterocycles. The molecule has 102 valence electrons. The average molecular weight is 370 g/mol. The van der Waals surface area contributed by atoms with Gasteiger partial charge in [-0.05, 0) is 52.3 Å². The van der Waals surface area contributed by atoms with Gasteiger partial charge in [-0.2, -0.15) is 0 Å². The SMILES string of the molecule is NC(=S)c1ccc(NC(=O)c2cccc(Cl)c2)c(Br)c1. The molecule has 0 spiro atoms. The quantitative estimate of drug-likeness (QED) is 0.804. The Balaban J connectivity index is 2.22. The molecule has 20 heavy (non-hydrogen) atoms. The van der Waals surface area contributed by atoms with Gasteiger partial charge < -0.3 is 11.1 Å². The van der Waals surface area contributed by atoms with Crippen LogP contribution in [0.25, 0.3) is 0 Å². The third kappa shape index (κ3) is 3.56. The van der Waals surface area contributed by atoms with Crippen LogP contribution in [0.4, 0.5) is 5.69 Å². The number of benzene rings is 2. The van der Waals surface area contributed by atoms with Crippen molar-refractivity contribution in [1.82, 2.24) is 0 Å². The standard InChI is InChI=1S/C14H10BrClN2OS/c15-11-7-8(13(17)20)4-5-12(11)18-14(19)9-2-1-3-10(16)6-9/h1-7H,(H2,17,20)(H,18,19). The van der Waals surface area contributed by atoms with Crippen LogP contribution in [-0.4, -0.2) is 10.9 Å². The molecule has 0 saturated carbocycles. The fraction of sp³-hybridized carbons (Fsp3) is 0. The summed E-state index contributed by atoms with van der Waals surface area (Å²) < 4.78 is 0.707. The van der Waals surface area contributed by atoms with Crippen molar-refractivity contribution in [3.63, 3.8) is 0 Å². The highest BCUT2D eigenvalue weighted by atomic mass is 79.9. The Morgan fingerprint density at radius 1 is 1.20 bits per heavy atom. The van der Waals surface area contributed by atoms with Crippen LogP contribution in [0.1, 0.15) is 15.9 Å². The molecular weight excluding hydrogens is 360 g/mol. The lowest BCUT2D eigenvalue weighted by atomic mass is 10.2. The summed E-state index contributed by atoms with van der Waals surface area (Å²) in [6.07, 6.45) is 0. The topological polar surface area (TPSA) is 55.1 Å². The zero-order valence-corrected chi connectivity index (χ0v) is 13.3. The molecule has 3 N–H and O–H groups in total. The molecule has 0 aliphatic rings. The molecule has 0 atom stereocenters. The maximum Gasteiger partial charge on any atom is 0.255 e. The van der Waals surface area contributed by atoms with Gasteiger partial charge >= 0.3 is 0 Å². The number of rotatable bonds is 3. The molecule has 0 fully saturated rings. The molecule has 0 unspecified atom stereocenters. The fourth-order valence-corrected chi connectivity index (χ4v) is 2.39. The highest BCUT2D eigenvalue weighted by Gasteiger charge is 2.09. The molecular formula is C14H10BrClN2OS. The smallest absolute Gasteiger partial charge is 0.255 e. The maximum atomic E-state index is 12.1. The normalized spacial score (nSPS) is 10.1. The minimum atomic E-state index is -0.240. The summed E-state index contributed by atoms with van der Waals surface area (Å²) in [6, 6.07) is 12.0. The fourth-order valence-electron chi connectivity index (χ4n) is 1.59.